The van der Waals surface area contributed by atoms with Crippen molar-refractivity contribution in [2.45, 2.75) is 18.9 Å². The number of hydrogen-bond donors (Lipinski definition) is 2. The first-order valence-electron chi connectivity index (χ1n) is 8.74. The van der Waals surface area contributed by atoms with E-state index in [1.165, 1.54) is 13.2 Å². The van der Waals surface area contributed by atoms with Crippen LogP contribution in [0.15, 0.2) is 46.2 Å². The molecule has 150 valence electrons. The van der Waals surface area contributed by atoms with Gasteiger partial charge in [-0.25, -0.2) is 4.79 Å². The van der Waals surface area contributed by atoms with Crippen molar-refractivity contribution in [3.8, 4) is 0 Å². The third-order valence-corrected chi connectivity index (χ3v) is 5.69. The van der Waals surface area contributed by atoms with Gasteiger partial charge in [-0.15, -0.1) is 0 Å². The quantitative estimate of drug-likeness (QED) is 0.465. The van der Waals surface area contributed by atoms with Crippen LogP contribution in [0.4, 0.5) is 5.69 Å². The predicted octanol–water partition coefficient (Wildman–Crippen LogP) is 4.32. The fraction of sp³-hybridized carbons (Fsp3) is 0.190. The molecule has 8 heteroatoms. The van der Waals surface area contributed by atoms with Crippen molar-refractivity contribution in [2.75, 3.05) is 18.2 Å². The van der Waals surface area contributed by atoms with E-state index in [9.17, 15) is 14.4 Å². The number of carbonyl (C=O) groups excluding carboxylic acids is 2. The van der Waals surface area contributed by atoms with Crippen LogP contribution in [-0.2, 0) is 9.53 Å². The fourth-order valence-electron chi connectivity index (χ4n) is 2.79. The standard InChI is InChI=1S/C21H19ClN2O4S/c1-11-4-6-14(8-12(11)2)23-17(25)10-29-20-18(21(27)28-3)19(26)15-9-13(22)5-7-16(15)24-20/h4-9H,10H2,1-3H3,(H,23,25)(H,24,26). The summed E-state index contributed by atoms with van der Waals surface area (Å²) < 4.78 is 4.76. The van der Waals surface area contributed by atoms with Crippen LogP contribution in [0.3, 0.4) is 0 Å². The Morgan fingerprint density at radius 1 is 1.14 bits per heavy atom. The average Bonchev–Trinajstić information content (AvgIpc) is 2.69. The van der Waals surface area contributed by atoms with E-state index in [0.29, 0.717) is 16.2 Å². The van der Waals surface area contributed by atoms with Crippen LogP contribution < -0.4 is 10.7 Å². The largest absolute Gasteiger partial charge is 0.465 e. The molecule has 0 saturated heterocycles. The van der Waals surface area contributed by atoms with Gasteiger partial charge in [0.25, 0.3) is 0 Å². The van der Waals surface area contributed by atoms with Crippen LogP contribution in [0.5, 0.6) is 0 Å². The number of anilines is 1. The van der Waals surface area contributed by atoms with Crippen molar-refractivity contribution < 1.29 is 14.3 Å². The Labute approximate surface area is 176 Å². The summed E-state index contributed by atoms with van der Waals surface area (Å²) in [6, 6.07) is 10.4. The number of amides is 1. The molecular weight excluding hydrogens is 412 g/mol. The summed E-state index contributed by atoms with van der Waals surface area (Å²) in [7, 11) is 1.20. The third kappa shape index (κ3) is 4.63. The van der Waals surface area contributed by atoms with Gasteiger partial charge >= 0.3 is 5.97 Å². The first kappa shape index (κ1) is 21.0. The predicted molar refractivity (Wildman–Crippen MR) is 116 cm³/mol. The van der Waals surface area contributed by atoms with Crippen LogP contribution in [0.25, 0.3) is 10.9 Å². The van der Waals surface area contributed by atoms with Crippen molar-refractivity contribution in [1.82, 2.24) is 4.98 Å². The highest BCUT2D eigenvalue weighted by molar-refractivity contribution is 8.00. The lowest BCUT2D eigenvalue weighted by molar-refractivity contribution is -0.113. The number of hydrogen-bond acceptors (Lipinski definition) is 5. The Morgan fingerprint density at radius 2 is 1.90 bits per heavy atom. The number of pyridine rings is 1. The highest BCUT2D eigenvalue weighted by Crippen LogP contribution is 2.24. The Kier molecular flexibility index (Phi) is 6.30. The number of aromatic amines is 1. The minimum atomic E-state index is -0.773. The second-order valence-corrected chi connectivity index (χ2v) is 7.90. The highest BCUT2D eigenvalue weighted by atomic mass is 35.5. The zero-order chi connectivity index (χ0) is 21.1. The molecule has 1 amide bonds. The van der Waals surface area contributed by atoms with Crippen molar-refractivity contribution in [3.63, 3.8) is 0 Å². The topological polar surface area (TPSA) is 88.3 Å². The van der Waals surface area contributed by atoms with E-state index in [2.05, 4.69) is 10.3 Å². The van der Waals surface area contributed by atoms with E-state index < -0.39 is 11.4 Å². The van der Waals surface area contributed by atoms with Gasteiger partial charge in [0.1, 0.15) is 5.56 Å². The molecule has 2 N–H and O–H groups in total. The molecule has 1 heterocycles. The molecule has 0 fully saturated rings. The SMILES string of the molecule is COC(=O)c1c(SCC(=O)Nc2ccc(C)c(C)c2)[nH]c2ccc(Cl)cc2c1=O. The Balaban J connectivity index is 1.87. The molecule has 0 aliphatic rings. The molecule has 6 nitrogen and oxygen atoms in total. The summed E-state index contributed by atoms with van der Waals surface area (Å²) in [6.07, 6.45) is 0. The first-order chi connectivity index (χ1) is 13.8. The van der Waals surface area contributed by atoms with Crippen molar-refractivity contribution in [2.24, 2.45) is 0 Å². The van der Waals surface area contributed by atoms with E-state index >= 15 is 0 Å². The normalized spacial score (nSPS) is 10.8. The summed E-state index contributed by atoms with van der Waals surface area (Å²) in [5, 5.41) is 3.75. The number of carbonyl (C=O) groups is 2. The molecular formula is C21H19ClN2O4S. The summed E-state index contributed by atoms with van der Waals surface area (Å²) in [5.74, 6) is -1.03. The lowest BCUT2D eigenvalue weighted by Gasteiger charge is -2.11. The minimum absolute atomic E-state index is 0.00591. The third-order valence-electron chi connectivity index (χ3n) is 4.46. The number of rotatable bonds is 5. The van der Waals surface area contributed by atoms with Gasteiger partial charge in [0, 0.05) is 16.1 Å². The summed E-state index contributed by atoms with van der Waals surface area (Å²) in [6.45, 7) is 3.96. The molecule has 0 radical (unpaired) electrons. The maximum absolute atomic E-state index is 12.8. The maximum atomic E-state index is 12.8. The van der Waals surface area contributed by atoms with Crippen LogP contribution in [0.1, 0.15) is 21.5 Å². The van der Waals surface area contributed by atoms with Gasteiger partial charge < -0.3 is 15.0 Å². The number of ether oxygens (including phenoxy) is 1. The van der Waals surface area contributed by atoms with Crippen LogP contribution in [0.2, 0.25) is 5.02 Å². The number of aromatic nitrogens is 1. The zero-order valence-corrected chi connectivity index (χ0v) is 17.7. The van der Waals surface area contributed by atoms with E-state index in [4.69, 9.17) is 16.3 Å². The Morgan fingerprint density at radius 3 is 2.59 bits per heavy atom. The van der Waals surface area contributed by atoms with Gasteiger partial charge in [0.2, 0.25) is 11.3 Å². The van der Waals surface area contributed by atoms with E-state index in [1.807, 2.05) is 32.0 Å². The summed E-state index contributed by atoms with van der Waals surface area (Å²) in [5.41, 5.74) is 2.77. The smallest absolute Gasteiger partial charge is 0.344 e. The molecule has 0 aliphatic carbocycles. The van der Waals surface area contributed by atoms with Gasteiger partial charge in [0.15, 0.2) is 0 Å². The number of esters is 1. The second-order valence-electron chi connectivity index (χ2n) is 6.48. The number of halogens is 1. The Hall–Kier alpha value is -2.77. The van der Waals surface area contributed by atoms with Crippen LogP contribution in [0, 0.1) is 13.8 Å². The molecule has 3 rings (SSSR count). The van der Waals surface area contributed by atoms with Crippen LogP contribution >= 0.6 is 23.4 Å². The van der Waals surface area contributed by atoms with Gasteiger partial charge in [-0.05, 0) is 55.3 Å². The number of thioether (sulfide) groups is 1. The van der Waals surface area contributed by atoms with Gasteiger partial charge in [-0.1, -0.05) is 29.4 Å². The van der Waals surface area contributed by atoms with Crippen LogP contribution in [-0.4, -0.2) is 29.7 Å². The number of benzene rings is 2. The Bertz CT molecular complexity index is 1170. The average molecular weight is 431 g/mol. The lowest BCUT2D eigenvalue weighted by atomic mass is 10.1. The van der Waals surface area contributed by atoms with Crippen molar-refractivity contribution in [3.05, 3.63) is 68.3 Å². The highest BCUT2D eigenvalue weighted by Gasteiger charge is 2.21. The number of fused-ring (bicyclic) bond motifs is 1. The molecule has 1 aromatic heterocycles. The number of methoxy groups -OCH3 is 1. The molecule has 2 aromatic carbocycles. The van der Waals surface area contributed by atoms with E-state index in [1.54, 1.807) is 12.1 Å². The molecule has 3 aromatic rings. The summed E-state index contributed by atoms with van der Waals surface area (Å²) in [4.78, 5) is 40.4. The number of nitrogens with one attached hydrogen (secondary N) is 2. The first-order valence-corrected chi connectivity index (χ1v) is 10.1. The molecule has 0 unspecified atom stereocenters. The minimum Gasteiger partial charge on any atom is -0.465 e. The maximum Gasteiger partial charge on any atom is 0.344 e. The van der Waals surface area contributed by atoms with Gasteiger partial charge in [-0.2, -0.15) is 0 Å². The fourth-order valence-corrected chi connectivity index (χ4v) is 3.81. The molecule has 0 atom stereocenters. The lowest BCUT2D eigenvalue weighted by Crippen LogP contribution is -2.20. The van der Waals surface area contributed by atoms with Gasteiger partial charge in [-0.3, -0.25) is 9.59 Å². The second kappa shape index (κ2) is 8.71. The monoisotopic (exact) mass is 430 g/mol. The molecule has 0 aliphatic heterocycles. The zero-order valence-electron chi connectivity index (χ0n) is 16.1. The van der Waals surface area contributed by atoms with Crippen molar-refractivity contribution in [1.29, 1.82) is 0 Å². The van der Waals surface area contributed by atoms with E-state index in [0.717, 1.165) is 22.9 Å². The van der Waals surface area contributed by atoms with Gasteiger partial charge in [0.05, 0.1) is 23.4 Å². The van der Waals surface area contributed by atoms with Crippen molar-refractivity contribution >= 4 is 51.8 Å². The molecule has 0 spiro atoms. The summed E-state index contributed by atoms with van der Waals surface area (Å²) >= 11 is 7.03. The number of H-pyrrole nitrogens is 1. The molecule has 0 bridgehead atoms. The molecule has 0 saturated carbocycles. The number of aryl methyl sites for hydroxylation is 2. The molecule has 29 heavy (non-hydrogen) atoms. The van der Waals surface area contributed by atoms with E-state index in [-0.39, 0.29) is 27.6 Å².